The highest BCUT2D eigenvalue weighted by atomic mass is 32.1. The van der Waals surface area contributed by atoms with Crippen LogP contribution in [-0.2, 0) is 4.57 Å². The summed E-state index contributed by atoms with van der Waals surface area (Å²) in [6, 6.07) is 30.7. The molecule has 0 spiro atoms. The minimum Gasteiger partial charge on any atom is -0.296 e. The van der Waals surface area contributed by atoms with Crippen molar-refractivity contribution in [1.82, 2.24) is 5.09 Å². The van der Waals surface area contributed by atoms with Crippen molar-refractivity contribution in [2.24, 2.45) is 0 Å². The number of benzene rings is 3. The lowest BCUT2D eigenvalue weighted by molar-refractivity contribution is 0.574. The smallest absolute Gasteiger partial charge is 0.205 e. The zero-order chi connectivity index (χ0) is 19.9. The van der Waals surface area contributed by atoms with Crippen LogP contribution >= 0.6 is 18.6 Å². The lowest BCUT2D eigenvalue weighted by Gasteiger charge is -2.24. The molecule has 0 aliphatic carbocycles. The van der Waals surface area contributed by atoms with Crippen molar-refractivity contribution < 1.29 is 4.57 Å². The van der Waals surface area contributed by atoms with E-state index in [0.29, 0.717) is 0 Å². The summed E-state index contributed by atoms with van der Waals surface area (Å²) in [5, 5.41) is 9.04. The molecule has 2 nitrogen and oxygen atoms in total. The molecular formula is C25H20NOPS. The van der Waals surface area contributed by atoms with Crippen molar-refractivity contribution in [3.63, 3.8) is 0 Å². The first-order valence-corrected chi connectivity index (χ1v) is 12.0. The van der Waals surface area contributed by atoms with Crippen molar-refractivity contribution in [3.8, 4) is 11.8 Å². The van der Waals surface area contributed by atoms with E-state index in [1.165, 1.54) is 0 Å². The molecule has 0 saturated heterocycles. The first-order chi connectivity index (χ1) is 14.3. The fraction of sp³-hybridized carbons (Fsp3) is 0.0400. The molecule has 3 aromatic carbocycles. The molecule has 0 bridgehead atoms. The Balaban J connectivity index is 1.78. The molecule has 0 unspecified atom stereocenters. The maximum Gasteiger partial charge on any atom is 0.205 e. The third kappa shape index (κ3) is 4.58. The summed E-state index contributed by atoms with van der Waals surface area (Å²) < 4.78 is 14.4. The van der Waals surface area contributed by atoms with Gasteiger partial charge in [-0.1, -0.05) is 66.4 Å². The van der Waals surface area contributed by atoms with Gasteiger partial charge in [0.2, 0.25) is 7.29 Å². The summed E-state index contributed by atoms with van der Waals surface area (Å²) in [4.78, 5) is 0. The Morgan fingerprint density at radius 3 is 1.83 bits per heavy atom. The maximum absolute atomic E-state index is 14.4. The first-order valence-electron chi connectivity index (χ1n) is 9.33. The molecule has 29 heavy (non-hydrogen) atoms. The molecule has 4 aromatic rings. The summed E-state index contributed by atoms with van der Waals surface area (Å²) in [6.07, 6.45) is 0. The van der Waals surface area contributed by atoms with Gasteiger partial charge in [0, 0.05) is 16.2 Å². The van der Waals surface area contributed by atoms with Crippen molar-refractivity contribution in [2.45, 2.75) is 6.04 Å². The van der Waals surface area contributed by atoms with Crippen LogP contribution in [0.25, 0.3) is 0 Å². The van der Waals surface area contributed by atoms with Crippen molar-refractivity contribution in [3.05, 3.63) is 119 Å². The fourth-order valence-electron chi connectivity index (χ4n) is 3.06. The van der Waals surface area contributed by atoms with E-state index in [-0.39, 0.29) is 6.04 Å². The summed E-state index contributed by atoms with van der Waals surface area (Å²) in [7, 11) is -3.09. The molecule has 1 heterocycles. The molecule has 0 aliphatic rings. The number of thiophene rings is 1. The largest absolute Gasteiger partial charge is 0.296 e. The Hall–Kier alpha value is -2.89. The summed E-state index contributed by atoms with van der Waals surface area (Å²) >= 11 is 1.61. The van der Waals surface area contributed by atoms with Crippen molar-refractivity contribution in [1.29, 1.82) is 0 Å². The van der Waals surface area contributed by atoms with Gasteiger partial charge < -0.3 is 0 Å². The lowest BCUT2D eigenvalue weighted by Crippen LogP contribution is -2.30. The van der Waals surface area contributed by atoms with E-state index in [9.17, 15) is 4.57 Å². The summed E-state index contributed by atoms with van der Waals surface area (Å²) in [6.45, 7) is 0. The Bertz CT molecular complexity index is 1100. The molecule has 1 N–H and O–H groups in total. The van der Waals surface area contributed by atoms with Crippen LogP contribution in [0.5, 0.6) is 0 Å². The second-order valence-corrected chi connectivity index (χ2v) is 9.82. The van der Waals surface area contributed by atoms with Gasteiger partial charge in [-0.05, 0) is 58.8 Å². The predicted molar refractivity (Wildman–Crippen MR) is 123 cm³/mol. The number of hydrogen-bond acceptors (Lipinski definition) is 2. The topological polar surface area (TPSA) is 29.1 Å². The molecule has 1 aromatic heterocycles. The fourth-order valence-corrected chi connectivity index (χ4v) is 6.11. The first kappa shape index (κ1) is 19.4. The van der Waals surface area contributed by atoms with E-state index in [1.807, 2.05) is 102 Å². The number of hydrogen-bond donors (Lipinski definition) is 1. The Morgan fingerprint density at radius 1 is 0.759 bits per heavy atom. The molecule has 142 valence electrons. The van der Waals surface area contributed by atoms with Crippen LogP contribution in [0.4, 0.5) is 0 Å². The molecule has 4 rings (SSSR count). The van der Waals surface area contributed by atoms with Crippen molar-refractivity contribution >= 4 is 29.2 Å². The molecule has 0 amide bonds. The highest BCUT2D eigenvalue weighted by Gasteiger charge is 2.30. The molecular weight excluding hydrogens is 393 g/mol. The van der Waals surface area contributed by atoms with Gasteiger partial charge in [0.1, 0.15) is 6.04 Å². The Kier molecular flexibility index (Phi) is 6.08. The molecule has 4 heteroatoms. The third-order valence-electron chi connectivity index (χ3n) is 4.56. The van der Waals surface area contributed by atoms with E-state index in [2.05, 4.69) is 22.3 Å². The SMILES string of the molecule is O=P(N[C@@H](C#Cc1ccccc1)c1ccsc1)(c1ccccc1)c1ccccc1. The normalized spacial score (nSPS) is 12.0. The van der Waals surface area contributed by atoms with E-state index < -0.39 is 7.29 Å². The molecule has 0 fully saturated rings. The van der Waals surface area contributed by atoms with Gasteiger partial charge in [0.25, 0.3) is 0 Å². The lowest BCUT2D eigenvalue weighted by atomic mass is 10.1. The van der Waals surface area contributed by atoms with E-state index in [4.69, 9.17) is 0 Å². The van der Waals surface area contributed by atoms with Gasteiger partial charge in [-0.25, -0.2) is 5.09 Å². The van der Waals surface area contributed by atoms with Gasteiger partial charge in [-0.3, -0.25) is 4.57 Å². The monoisotopic (exact) mass is 413 g/mol. The zero-order valence-corrected chi connectivity index (χ0v) is 17.4. The van der Waals surface area contributed by atoms with Crippen molar-refractivity contribution in [2.75, 3.05) is 0 Å². The van der Waals surface area contributed by atoms with Crippen LogP contribution < -0.4 is 15.7 Å². The zero-order valence-electron chi connectivity index (χ0n) is 15.7. The molecule has 1 atom stereocenters. The maximum atomic E-state index is 14.4. The minimum atomic E-state index is -3.09. The van der Waals surface area contributed by atoms with Crippen LogP contribution in [0.15, 0.2) is 108 Å². The van der Waals surface area contributed by atoms with Gasteiger partial charge in [-0.15, -0.1) is 0 Å². The summed E-state index contributed by atoms with van der Waals surface area (Å²) in [5.41, 5.74) is 1.95. The van der Waals surface area contributed by atoms with Gasteiger partial charge in [-0.2, -0.15) is 11.3 Å². The highest BCUT2D eigenvalue weighted by molar-refractivity contribution is 7.76. The van der Waals surface area contributed by atoms with Crippen LogP contribution in [-0.4, -0.2) is 0 Å². The van der Waals surface area contributed by atoms with E-state index in [0.717, 1.165) is 21.7 Å². The second-order valence-electron chi connectivity index (χ2n) is 6.53. The third-order valence-corrected chi connectivity index (χ3v) is 7.94. The number of nitrogens with one attached hydrogen (secondary N) is 1. The van der Waals surface area contributed by atoms with Gasteiger partial charge >= 0.3 is 0 Å². The van der Waals surface area contributed by atoms with E-state index in [1.54, 1.807) is 11.3 Å². The van der Waals surface area contributed by atoms with Crippen LogP contribution in [0.1, 0.15) is 17.2 Å². The Morgan fingerprint density at radius 2 is 1.31 bits per heavy atom. The minimum absolute atomic E-state index is 0.354. The van der Waals surface area contributed by atoms with Gasteiger partial charge in [0.05, 0.1) is 0 Å². The molecule has 0 saturated carbocycles. The average Bonchev–Trinajstić information content (AvgIpc) is 3.33. The quantitative estimate of drug-likeness (QED) is 0.353. The molecule has 0 radical (unpaired) electrons. The standard InChI is InChI=1S/C25H20NOPS/c27-28(23-12-6-2-7-13-23,24-14-8-3-9-15-24)26-25(22-18-19-29-20-22)17-16-21-10-4-1-5-11-21/h1-15,18-20,25H,(H,26,27)/t25-/m0/s1. The van der Waals surface area contributed by atoms with Crippen LogP contribution in [0.2, 0.25) is 0 Å². The molecule has 0 aliphatic heterocycles. The number of rotatable bonds is 5. The average molecular weight is 413 g/mol. The second kappa shape index (κ2) is 9.07. The summed E-state index contributed by atoms with van der Waals surface area (Å²) in [5.74, 6) is 6.54. The van der Waals surface area contributed by atoms with Crippen LogP contribution in [0, 0.1) is 11.8 Å². The highest BCUT2D eigenvalue weighted by Crippen LogP contribution is 2.41. The van der Waals surface area contributed by atoms with Crippen LogP contribution in [0.3, 0.4) is 0 Å². The van der Waals surface area contributed by atoms with E-state index >= 15 is 0 Å². The Labute approximate surface area is 175 Å². The van der Waals surface area contributed by atoms with Gasteiger partial charge in [0.15, 0.2) is 0 Å². The predicted octanol–water partition coefficient (Wildman–Crippen LogP) is 5.36.